The molecule has 0 radical (unpaired) electrons. The fraction of sp³-hybridized carbons (Fsp3) is 0.400. The van der Waals surface area contributed by atoms with Crippen molar-refractivity contribution in [3.63, 3.8) is 0 Å². The van der Waals surface area contributed by atoms with Gasteiger partial charge in [-0.1, -0.05) is 24.3 Å². The molecule has 6 nitrogen and oxygen atoms in total. The summed E-state index contributed by atoms with van der Waals surface area (Å²) in [5.41, 5.74) is 2.06. The van der Waals surface area contributed by atoms with Crippen LogP contribution < -0.4 is 4.74 Å². The molecular weight excluding hydrogens is 394 g/mol. The number of carbonyl (C=O) groups is 3. The lowest BCUT2D eigenvalue weighted by Crippen LogP contribution is -2.51. The molecule has 1 fully saturated rings. The number of ether oxygens (including phenoxy) is 2. The highest BCUT2D eigenvalue weighted by Crippen LogP contribution is 2.25. The van der Waals surface area contributed by atoms with Crippen molar-refractivity contribution in [1.29, 1.82) is 0 Å². The van der Waals surface area contributed by atoms with Gasteiger partial charge in [-0.3, -0.25) is 9.59 Å². The molecule has 0 N–H and O–H groups in total. The Hall–Kier alpha value is -3.15. The number of nitrogens with zero attached hydrogens (tertiary/aromatic N) is 1. The molecule has 0 spiro atoms. The van der Waals surface area contributed by atoms with Gasteiger partial charge in [-0.15, -0.1) is 0 Å². The largest absolute Gasteiger partial charge is 0.449 e. The van der Waals surface area contributed by atoms with Gasteiger partial charge in [-0.25, -0.2) is 4.79 Å². The Bertz CT molecular complexity index is 943. The minimum absolute atomic E-state index is 0.148. The van der Waals surface area contributed by atoms with Crippen LogP contribution in [0.4, 0.5) is 0 Å². The van der Waals surface area contributed by atoms with Crippen molar-refractivity contribution < 1.29 is 23.9 Å². The maximum Gasteiger partial charge on any atom is 0.338 e. The Balaban J connectivity index is 1.69. The number of esters is 2. The van der Waals surface area contributed by atoms with Crippen molar-refractivity contribution in [2.75, 3.05) is 0 Å². The van der Waals surface area contributed by atoms with Gasteiger partial charge >= 0.3 is 11.9 Å². The van der Waals surface area contributed by atoms with Crippen LogP contribution in [0.3, 0.4) is 0 Å². The van der Waals surface area contributed by atoms with E-state index in [4.69, 9.17) is 9.47 Å². The Morgan fingerprint density at radius 1 is 0.968 bits per heavy atom. The summed E-state index contributed by atoms with van der Waals surface area (Å²) in [6.07, 6.45) is 2.20. The highest BCUT2D eigenvalue weighted by Gasteiger charge is 2.33. The van der Waals surface area contributed by atoms with Crippen molar-refractivity contribution in [2.24, 2.45) is 0 Å². The van der Waals surface area contributed by atoms with E-state index < -0.39 is 12.1 Å². The van der Waals surface area contributed by atoms with Crippen molar-refractivity contribution in [3.8, 4) is 16.9 Å². The maximum absolute atomic E-state index is 12.9. The van der Waals surface area contributed by atoms with Crippen LogP contribution in [0.2, 0.25) is 0 Å². The number of hydrogen-bond acceptors (Lipinski definition) is 5. The third-order valence-corrected chi connectivity index (χ3v) is 5.63. The zero-order chi connectivity index (χ0) is 22.5. The second kappa shape index (κ2) is 9.77. The SMILES string of the molecule is CC(=O)Oc1ccc(-c2cccc(C(=O)O[C@H](C)C(=O)N3[C@@H](C)CCC[C@@H]3C)c2)cc1. The molecule has 31 heavy (non-hydrogen) atoms. The Kier molecular flexibility index (Phi) is 7.10. The number of hydrogen-bond donors (Lipinski definition) is 0. The van der Waals surface area contributed by atoms with Gasteiger partial charge in [0.05, 0.1) is 5.56 Å². The molecule has 1 saturated heterocycles. The lowest BCUT2D eigenvalue weighted by atomic mass is 9.97. The summed E-state index contributed by atoms with van der Waals surface area (Å²) in [5, 5.41) is 0. The quantitative estimate of drug-likeness (QED) is 0.519. The molecule has 0 saturated carbocycles. The first-order chi connectivity index (χ1) is 14.8. The average molecular weight is 424 g/mol. The van der Waals surface area contributed by atoms with Crippen LogP contribution in [-0.2, 0) is 14.3 Å². The summed E-state index contributed by atoms with van der Waals surface area (Å²) in [7, 11) is 0. The lowest BCUT2D eigenvalue weighted by molar-refractivity contribution is -0.146. The van der Waals surface area contributed by atoms with Crippen LogP contribution in [0, 0.1) is 0 Å². The smallest absolute Gasteiger partial charge is 0.338 e. The molecule has 0 aromatic heterocycles. The molecule has 2 aromatic rings. The average Bonchev–Trinajstić information content (AvgIpc) is 2.73. The molecule has 3 rings (SSSR count). The highest BCUT2D eigenvalue weighted by molar-refractivity contribution is 5.93. The fourth-order valence-electron chi connectivity index (χ4n) is 4.05. The minimum atomic E-state index is -0.845. The standard InChI is InChI=1S/C25H29NO5/c1-16-7-5-8-17(2)26(16)24(28)18(3)30-25(29)22-10-6-9-21(15-22)20-11-13-23(14-12-20)31-19(4)27/h6,9-18H,5,7-8H2,1-4H3/t16-,17-,18+/m0/s1. The zero-order valence-corrected chi connectivity index (χ0v) is 18.5. The monoisotopic (exact) mass is 423 g/mol. The Morgan fingerprint density at radius 2 is 1.61 bits per heavy atom. The van der Waals surface area contributed by atoms with Crippen LogP contribution in [0.15, 0.2) is 48.5 Å². The van der Waals surface area contributed by atoms with Crippen LogP contribution in [0.1, 0.15) is 57.3 Å². The first kappa shape index (κ1) is 22.5. The number of benzene rings is 2. The summed E-state index contributed by atoms with van der Waals surface area (Å²) in [6, 6.07) is 14.4. The van der Waals surface area contributed by atoms with Crippen molar-refractivity contribution >= 4 is 17.8 Å². The predicted molar refractivity (Wildman–Crippen MR) is 118 cm³/mol. The van der Waals surface area contributed by atoms with E-state index in [9.17, 15) is 14.4 Å². The van der Waals surface area contributed by atoms with Gasteiger partial charge in [-0.05, 0) is 75.4 Å². The summed E-state index contributed by atoms with van der Waals surface area (Å²) >= 11 is 0. The Labute approximate surface area is 183 Å². The van der Waals surface area contributed by atoms with Crippen LogP contribution >= 0.6 is 0 Å². The van der Waals surface area contributed by atoms with Gasteiger partial charge < -0.3 is 14.4 Å². The number of amides is 1. The lowest BCUT2D eigenvalue weighted by Gasteiger charge is -2.40. The van der Waals surface area contributed by atoms with E-state index in [0.29, 0.717) is 11.3 Å². The van der Waals surface area contributed by atoms with Gasteiger partial charge in [0.25, 0.3) is 5.91 Å². The molecular formula is C25H29NO5. The molecule has 164 valence electrons. The van der Waals surface area contributed by atoms with Crippen LogP contribution in [-0.4, -0.2) is 40.9 Å². The summed E-state index contributed by atoms with van der Waals surface area (Å²) in [4.78, 5) is 38.5. The van der Waals surface area contributed by atoms with Crippen LogP contribution in [0.25, 0.3) is 11.1 Å². The van der Waals surface area contributed by atoms with Crippen molar-refractivity contribution in [3.05, 3.63) is 54.1 Å². The van der Waals surface area contributed by atoms with E-state index in [0.717, 1.165) is 30.4 Å². The first-order valence-electron chi connectivity index (χ1n) is 10.7. The summed E-state index contributed by atoms with van der Waals surface area (Å²) < 4.78 is 10.6. The van der Waals surface area contributed by atoms with Crippen molar-refractivity contribution in [2.45, 2.75) is 65.1 Å². The molecule has 1 amide bonds. The summed E-state index contributed by atoms with van der Waals surface area (Å²) in [6.45, 7) is 7.06. The van der Waals surface area contributed by atoms with E-state index in [-0.39, 0.29) is 24.0 Å². The number of carbonyl (C=O) groups excluding carboxylic acids is 3. The molecule has 0 aliphatic carbocycles. The second-order valence-corrected chi connectivity index (χ2v) is 8.12. The van der Waals surface area contributed by atoms with E-state index in [1.54, 1.807) is 37.3 Å². The maximum atomic E-state index is 12.9. The third-order valence-electron chi connectivity index (χ3n) is 5.63. The second-order valence-electron chi connectivity index (χ2n) is 8.12. The van der Waals surface area contributed by atoms with E-state index in [1.165, 1.54) is 6.92 Å². The summed E-state index contributed by atoms with van der Waals surface area (Å²) in [5.74, 6) is -0.600. The molecule has 0 bridgehead atoms. The van der Waals surface area contributed by atoms with E-state index in [2.05, 4.69) is 0 Å². The van der Waals surface area contributed by atoms with Crippen LogP contribution in [0.5, 0.6) is 5.75 Å². The molecule has 6 heteroatoms. The first-order valence-corrected chi connectivity index (χ1v) is 10.7. The van der Waals surface area contributed by atoms with Gasteiger partial charge in [0.1, 0.15) is 5.75 Å². The molecule has 2 aromatic carbocycles. The third kappa shape index (κ3) is 5.51. The topological polar surface area (TPSA) is 72.9 Å². The van der Waals surface area contributed by atoms with Gasteiger partial charge in [0, 0.05) is 19.0 Å². The molecule has 1 heterocycles. The van der Waals surface area contributed by atoms with Gasteiger partial charge in [-0.2, -0.15) is 0 Å². The van der Waals surface area contributed by atoms with Gasteiger partial charge in [0.2, 0.25) is 0 Å². The minimum Gasteiger partial charge on any atom is -0.449 e. The number of piperidine rings is 1. The zero-order valence-electron chi connectivity index (χ0n) is 18.5. The number of rotatable bonds is 5. The Morgan fingerprint density at radius 3 is 2.23 bits per heavy atom. The van der Waals surface area contributed by atoms with Crippen molar-refractivity contribution in [1.82, 2.24) is 4.90 Å². The molecule has 0 unspecified atom stereocenters. The fourth-order valence-corrected chi connectivity index (χ4v) is 4.05. The van der Waals surface area contributed by atoms with Gasteiger partial charge in [0.15, 0.2) is 6.10 Å². The highest BCUT2D eigenvalue weighted by atomic mass is 16.5. The van der Waals surface area contributed by atoms with E-state index in [1.807, 2.05) is 36.9 Å². The number of likely N-dealkylation sites (tertiary alicyclic amines) is 1. The molecule has 3 atom stereocenters. The van der Waals surface area contributed by atoms with E-state index >= 15 is 0 Å². The molecule has 1 aliphatic rings. The normalized spacial score (nSPS) is 19.4. The predicted octanol–water partition coefficient (Wildman–Crippen LogP) is 4.61. The molecule has 1 aliphatic heterocycles.